The number of rotatable bonds is 9. The van der Waals surface area contributed by atoms with E-state index in [4.69, 9.17) is 4.74 Å². The van der Waals surface area contributed by atoms with Crippen molar-refractivity contribution in [2.75, 3.05) is 22.2 Å². The summed E-state index contributed by atoms with van der Waals surface area (Å²) in [4.78, 5) is 4.64. The number of hydrogen-bond donors (Lipinski definition) is 0. The van der Waals surface area contributed by atoms with Crippen molar-refractivity contribution >= 4 is 45.9 Å². The van der Waals surface area contributed by atoms with Crippen LogP contribution in [0, 0.1) is 27.7 Å². The fourth-order valence-electron chi connectivity index (χ4n) is 4.94. The first-order valence-corrected chi connectivity index (χ1v) is 15.2. The molecule has 0 aromatic heterocycles. The van der Waals surface area contributed by atoms with Gasteiger partial charge in [0.1, 0.15) is 12.4 Å². The van der Waals surface area contributed by atoms with Gasteiger partial charge in [-0.2, -0.15) is 11.8 Å². The molecule has 41 heavy (non-hydrogen) atoms. The van der Waals surface area contributed by atoms with Gasteiger partial charge in [0.15, 0.2) is 0 Å². The first-order valence-electron chi connectivity index (χ1n) is 14.2. The minimum absolute atomic E-state index is 0.575. The molecule has 0 aliphatic carbocycles. The maximum atomic E-state index is 6.53. The molecule has 0 saturated carbocycles. The van der Waals surface area contributed by atoms with Crippen LogP contribution in [0.4, 0.5) is 34.1 Å². The van der Waals surface area contributed by atoms with E-state index in [1.54, 1.807) is 0 Å². The normalized spacial score (nSPS) is 14.0. The van der Waals surface area contributed by atoms with Gasteiger partial charge in [-0.3, -0.25) is 0 Å². The van der Waals surface area contributed by atoms with E-state index < -0.39 is 0 Å². The van der Waals surface area contributed by atoms with E-state index in [1.165, 1.54) is 28.0 Å². The van der Waals surface area contributed by atoms with Crippen molar-refractivity contribution in [1.29, 1.82) is 0 Å². The van der Waals surface area contributed by atoms with Crippen molar-refractivity contribution in [3.05, 3.63) is 138 Å². The fourth-order valence-corrected chi connectivity index (χ4v) is 5.34. The summed E-state index contributed by atoms with van der Waals surface area (Å²) in [6.07, 6.45) is 0. The fraction of sp³-hybridized carbons (Fsp3) is 0.189. The van der Waals surface area contributed by atoms with Gasteiger partial charge in [0, 0.05) is 39.4 Å². The molecule has 5 aromatic rings. The molecule has 5 aromatic carbocycles. The summed E-state index contributed by atoms with van der Waals surface area (Å²) in [5, 5.41) is 0.575. The molecule has 1 unspecified atom stereocenters. The molecule has 0 bridgehead atoms. The summed E-state index contributed by atoms with van der Waals surface area (Å²) in [5.41, 5.74) is 11.5. The molecule has 0 spiro atoms. The largest absolute Gasteiger partial charge is 0.490 e. The topological polar surface area (TPSA) is 15.7 Å². The average Bonchev–Trinajstić information content (AvgIpc) is 3.82. The predicted octanol–water partition coefficient (Wildman–Crippen LogP) is 10.4. The van der Waals surface area contributed by atoms with Gasteiger partial charge in [0.25, 0.3) is 0 Å². The number of benzene rings is 5. The minimum atomic E-state index is 0.575. The first-order chi connectivity index (χ1) is 19.9. The number of ether oxygens (including phenoxy) is 1. The molecule has 1 heterocycles. The monoisotopic (exact) mass is 556 g/mol. The molecule has 6 rings (SSSR count). The summed E-state index contributed by atoms with van der Waals surface area (Å²) in [7, 11) is 0. The lowest BCUT2D eigenvalue weighted by atomic mass is 10.1. The molecule has 0 radical (unpaired) electrons. The Hall–Kier alpha value is -4.15. The minimum Gasteiger partial charge on any atom is -0.490 e. The number of anilines is 6. The summed E-state index contributed by atoms with van der Waals surface area (Å²) < 4.78 is 6.53. The van der Waals surface area contributed by atoms with E-state index in [1.807, 2.05) is 11.8 Å². The van der Waals surface area contributed by atoms with E-state index in [2.05, 4.69) is 153 Å². The van der Waals surface area contributed by atoms with Crippen LogP contribution >= 0.6 is 11.8 Å². The lowest BCUT2D eigenvalue weighted by Crippen LogP contribution is -2.15. The standard InChI is InChI=1S/C37H36N2OS/c1-26-5-13-30(14-6-26)38(31-15-7-27(2)8-16-31)34-21-22-37(40-24-35-25-41-35)36(23-34)39(32-17-9-28(3)10-18-32)33-19-11-29(4)12-20-33/h5-23,35H,24-25H2,1-4H3. The van der Waals surface area contributed by atoms with E-state index in [9.17, 15) is 0 Å². The zero-order chi connectivity index (χ0) is 28.3. The van der Waals surface area contributed by atoms with Crippen molar-refractivity contribution < 1.29 is 4.74 Å². The Bertz CT molecular complexity index is 1520. The summed E-state index contributed by atoms with van der Waals surface area (Å²) in [5.74, 6) is 2.05. The Labute approximate surface area is 248 Å². The second-order valence-electron chi connectivity index (χ2n) is 10.9. The third-order valence-corrected chi connectivity index (χ3v) is 8.38. The van der Waals surface area contributed by atoms with Crippen molar-refractivity contribution in [3.63, 3.8) is 0 Å². The molecule has 1 aliphatic heterocycles. The van der Waals surface area contributed by atoms with E-state index in [0.717, 1.165) is 39.9 Å². The molecule has 206 valence electrons. The van der Waals surface area contributed by atoms with Gasteiger partial charge in [-0.25, -0.2) is 0 Å². The van der Waals surface area contributed by atoms with Crippen LogP contribution in [0.3, 0.4) is 0 Å². The third kappa shape index (κ3) is 6.28. The van der Waals surface area contributed by atoms with Crippen LogP contribution in [0.5, 0.6) is 5.75 Å². The molecule has 4 heteroatoms. The second-order valence-corrected chi connectivity index (χ2v) is 12.3. The summed E-state index contributed by atoms with van der Waals surface area (Å²) in [6.45, 7) is 9.23. The lowest BCUT2D eigenvalue weighted by molar-refractivity contribution is 0.331. The van der Waals surface area contributed by atoms with E-state index in [-0.39, 0.29) is 0 Å². The maximum Gasteiger partial charge on any atom is 0.143 e. The first kappa shape index (κ1) is 27.0. The molecule has 1 atom stereocenters. The van der Waals surface area contributed by atoms with Gasteiger partial charge in [0.2, 0.25) is 0 Å². The highest BCUT2D eigenvalue weighted by atomic mass is 32.2. The Morgan fingerprint density at radius 2 is 0.902 bits per heavy atom. The second kappa shape index (κ2) is 11.8. The maximum absolute atomic E-state index is 6.53. The van der Waals surface area contributed by atoms with Crippen LogP contribution in [-0.2, 0) is 0 Å². The quantitative estimate of drug-likeness (QED) is 0.168. The Kier molecular flexibility index (Phi) is 7.76. The van der Waals surface area contributed by atoms with Gasteiger partial charge in [-0.15, -0.1) is 0 Å². The highest BCUT2D eigenvalue weighted by Gasteiger charge is 2.25. The highest BCUT2D eigenvalue weighted by Crippen LogP contribution is 2.45. The summed E-state index contributed by atoms with van der Waals surface area (Å²) >= 11 is 1.96. The highest BCUT2D eigenvalue weighted by molar-refractivity contribution is 8.06. The molecule has 0 amide bonds. The van der Waals surface area contributed by atoms with Gasteiger partial charge in [-0.1, -0.05) is 70.8 Å². The average molecular weight is 557 g/mol. The van der Waals surface area contributed by atoms with E-state index in [0.29, 0.717) is 11.9 Å². The van der Waals surface area contributed by atoms with E-state index >= 15 is 0 Å². The Morgan fingerprint density at radius 3 is 1.29 bits per heavy atom. The van der Waals surface area contributed by atoms with Crippen LogP contribution in [0.25, 0.3) is 0 Å². The van der Waals surface area contributed by atoms with Gasteiger partial charge < -0.3 is 14.5 Å². The van der Waals surface area contributed by atoms with Crippen molar-refractivity contribution in [1.82, 2.24) is 0 Å². The summed E-state index contributed by atoms with van der Waals surface area (Å²) in [6, 6.07) is 41.5. The molecule has 0 N–H and O–H groups in total. The van der Waals surface area contributed by atoms with Crippen LogP contribution in [0.1, 0.15) is 22.3 Å². The van der Waals surface area contributed by atoms with Gasteiger partial charge >= 0.3 is 0 Å². The smallest absolute Gasteiger partial charge is 0.143 e. The van der Waals surface area contributed by atoms with Crippen LogP contribution < -0.4 is 14.5 Å². The third-order valence-electron chi connectivity index (χ3n) is 7.44. The lowest BCUT2D eigenvalue weighted by Gasteiger charge is -2.31. The Morgan fingerprint density at radius 1 is 0.537 bits per heavy atom. The SMILES string of the molecule is Cc1ccc(N(c2ccc(C)cc2)c2ccc(OCC3CS3)c(N(c3ccc(C)cc3)c3ccc(C)cc3)c2)cc1. The molecule has 3 nitrogen and oxygen atoms in total. The zero-order valence-electron chi connectivity index (χ0n) is 24.2. The van der Waals surface area contributed by atoms with Gasteiger partial charge in [0.05, 0.1) is 5.69 Å². The van der Waals surface area contributed by atoms with Gasteiger partial charge in [-0.05, 0) is 94.4 Å². The molecular formula is C37H36N2OS. The van der Waals surface area contributed by atoms with Crippen molar-refractivity contribution in [2.45, 2.75) is 32.9 Å². The number of aryl methyl sites for hydroxylation is 4. The van der Waals surface area contributed by atoms with Crippen LogP contribution in [-0.4, -0.2) is 17.6 Å². The Balaban J connectivity index is 1.54. The van der Waals surface area contributed by atoms with Crippen molar-refractivity contribution in [2.24, 2.45) is 0 Å². The number of hydrogen-bond acceptors (Lipinski definition) is 4. The zero-order valence-corrected chi connectivity index (χ0v) is 25.0. The number of nitrogens with zero attached hydrogens (tertiary/aromatic N) is 2. The predicted molar refractivity (Wildman–Crippen MR) is 176 cm³/mol. The van der Waals surface area contributed by atoms with Crippen LogP contribution in [0.15, 0.2) is 115 Å². The van der Waals surface area contributed by atoms with Crippen molar-refractivity contribution in [3.8, 4) is 5.75 Å². The molecule has 1 aliphatic rings. The number of thioether (sulfide) groups is 1. The molecule has 1 saturated heterocycles. The van der Waals surface area contributed by atoms with Crippen LogP contribution in [0.2, 0.25) is 0 Å². The molecular weight excluding hydrogens is 520 g/mol. The molecule has 1 fully saturated rings.